The van der Waals surface area contributed by atoms with Crippen LogP contribution in [0.2, 0.25) is 0 Å². The Morgan fingerprint density at radius 1 is 1.28 bits per heavy atom. The molecule has 1 aliphatic rings. The van der Waals surface area contributed by atoms with E-state index in [4.69, 9.17) is 0 Å². The molecule has 25 heavy (non-hydrogen) atoms. The van der Waals surface area contributed by atoms with E-state index in [1.165, 1.54) is 0 Å². The van der Waals surface area contributed by atoms with Crippen molar-refractivity contribution in [1.82, 2.24) is 9.62 Å². The van der Waals surface area contributed by atoms with Crippen LogP contribution in [0.15, 0.2) is 29.2 Å². The Bertz CT molecular complexity index is 662. The second-order valence-electron chi connectivity index (χ2n) is 6.41. The number of rotatable bonds is 6. The average Bonchev–Trinajstić information content (AvgIpc) is 2.48. The lowest BCUT2D eigenvalue weighted by molar-refractivity contribution is -0.274. The van der Waals surface area contributed by atoms with Crippen molar-refractivity contribution in [3.8, 4) is 5.75 Å². The van der Waals surface area contributed by atoms with Crippen molar-refractivity contribution < 1.29 is 26.3 Å². The highest BCUT2D eigenvalue weighted by Gasteiger charge is 2.31. The number of hydrogen-bond donors (Lipinski definition) is 1. The SMILES string of the molecule is C[C@@H](C[C@H]1CCCCN1C)NS(=O)(=O)c1ccc(OC(F)(F)F)cc1. The summed E-state index contributed by atoms with van der Waals surface area (Å²) in [5, 5.41) is 0. The van der Waals surface area contributed by atoms with E-state index >= 15 is 0 Å². The van der Waals surface area contributed by atoms with Crippen molar-refractivity contribution in [2.24, 2.45) is 0 Å². The molecule has 1 saturated heterocycles. The van der Waals surface area contributed by atoms with E-state index in [9.17, 15) is 21.6 Å². The van der Waals surface area contributed by atoms with E-state index in [0.717, 1.165) is 50.1 Å². The maximum atomic E-state index is 12.4. The Morgan fingerprint density at radius 2 is 1.92 bits per heavy atom. The van der Waals surface area contributed by atoms with Gasteiger partial charge in [-0.25, -0.2) is 13.1 Å². The van der Waals surface area contributed by atoms with Crippen molar-refractivity contribution in [3.63, 3.8) is 0 Å². The Labute approximate surface area is 146 Å². The number of benzene rings is 1. The highest BCUT2D eigenvalue weighted by molar-refractivity contribution is 7.89. The molecule has 1 aliphatic heterocycles. The van der Waals surface area contributed by atoms with Crippen molar-refractivity contribution in [2.45, 2.75) is 55.9 Å². The van der Waals surface area contributed by atoms with Crippen LogP contribution < -0.4 is 9.46 Å². The van der Waals surface area contributed by atoms with Gasteiger partial charge in [-0.1, -0.05) is 6.42 Å². The van der Waals surface area contributed by atoms with Gasteiger partial charge in [0.05, 0.1) is 4.90 Å². The predicted molar refractivity (Wildman–Crippen MR) is 87.8 cm³/mol. The highest BCUT2D eigenvalue weighted by atomic mass is 32.2. The monoisotopic (exact) mass is 380 g/mol. The fourth-order valence-electron chi connectivity index (χ4n) is 3.05. The van der Waals surface area contributed by atoms with E-state index in [-0.39, 0.29) is 10.9 Å². The van der Waals surface area contributed by atoms with Gasteiger partial charge in [-0.05, 0) is 64.0 Å². The van der Waals surface area contributed by atoms with Crippen LogP contribution in [0.1, 0.15) is 32.6 Å². The number of sulfonamides is 1. The van der Waals surface area contributed by atoms with E-state index in [1.54, 1.807) is 6.92 Å². The number of nitrogens with zero attached hydrogens (tertiary/aromatic N) is 1. The van der Waals surface area contributed by atoms with Crippen molar-refractivity contribution in [3.05, 3.63) is 24.3 Å². The minimum atomic E-state index is -4.81. The molecule has 1 heterocycles. The molecule has 2 atom stereocenters. The summed E-state index contributed by atoms with van der Waals surface area (Å²) in [6.07, 6.45) is -0.801. The maximum absolute atomic E-state index is 12.4. The molecular weight excluding hydrogens is 357 g/mol. The van der Waals surface area contributed by atoms with Gasteiger partial charge in [0.15, 0.2) is 0 Å². The van der Waals surface area contributed by atoms with Crippen LogP contribution in [0.25, 0.3) is 0 Å². The van der Waals surface area contributed by atoms with Crippen molar-refractivity contribution in [1.29, 1.82) is 0 Å². The van der Waals surface area contributed by atoms with Gasteiger partial charge in [0.25, 0.3) is 0 Å². The number of likely N-dealkylation sites (tertiary alicyclic amines) is 1. The van der Waals surface area contributed by atoms with Gasteiger partial charge >= 0.3 is 6.36 Å². The first kappa shape index (κ1) is 20.0. The molecule has 142 valence electrons. The lowest BCUT2D eigenvalue weighted by Crippen LogP contribution is -2.42. The van der Waals surface area contributed by atoms with Crippen LogP contribution in [0.5, 0.6) is 5.75 Å². The lowest BCUT2D eigenvalue weighted by atomic mass is 9.97. The first-order valence-electron chi connectivity index (χ1n) is 8.15. The molecule has 5 nitrogen and oxygen atoms in total. The number of alkyl halides is 3. The molecule has 1 aromatic rings. The molecule has 0 radical (unpaired) electrons. The second kappa shape index (κ2) is 7.92. The molecule has 0 aromatic heterocycles. The van der Waals surface area contributed by atoms with Crippen LogP contribution in [-0.4, -0.2) is 45.4 Å². The van der Waals surface area contributed by atoms with Crippen LogP contribution in [0.3, 0.4) is 0 Å². The van der Waals surface area contributed by atoms with Crippen molar-refractivity contribution >= 4 is 10.0 Å². The average molecular weight is 380 g/mol. The summed E-state index contributed by atoms with van der Waals surface area (Å²) in [4.78, 5) is 2.14. The van der Waals surface area contributed by atoms with Crippen LogP contribution >= 0.6 is 0 Å². The number of nitrogens with one attached hydrogen (secondary N) is 1. The zero-order valence-corrected chi connectivity index (χ0v) is 15.0. The second-order valence-corrected chi connectivity index (χ2v) is 8.12. The Hall–Kier alpha value is -1.32. The highest BCUT2D eigenvalue weighted by Crippen LogP contribution is 2.24. The van der Waals surface area contributed by atoms with Crippen molar-refractivity contribution in [2.75, 3.05) is 13.6 Å². The van der Waals surface area contributed by atoms with Gasteiger partial charge in [0.2, 0.25) is 10.0 Å². The quantitative estimate of drug-likeness (QED) is 0.824. The van der Waals surface area contributed by atoms with Crippen LogP contribution in [0, 0.1) is 0 Å². The summed E-state index contributed by atoms with van der Waals surface area (Å²) in [6, 6.07) is 4.23. The van der Waals surface area contributed by atoms with Crippen LogP contribution in [-0.2, 0) is 10.0 Å². The molecule has 0 spiro atoms. The third-order valence-electron chi connectivity index (χ3n) is 4.27. The van der Waals surface area contributed by atoms with Gasteiger partial charge in [-0.2, -0.15) is 0 Å². The molecule has 9 heteroatoms. The van der Waals surface area contributed by atoms with Gasteiger partial charge in [-0.3, -0.25) is 0 Å². The number of halogens is 3. The minimum Gasteiger partial charge on any atom is -0.406 e. The molecular formula is C16H23F3N2O3S. The normalized spacial score (nSPS) is 21.1. The standard InChI is InChI=1S/C16H23F3N2O3S/c1-12(11-13-5-3-4-10-21(13)2)20-25(22,23)15-8-6-14(7-9-15)24-16(17,18)19/h6-9,12-13,20H,3-5,10-11H2,1-2H3/t12-,13+/m0/s1. The number of ether oxygens (including phenoxy) is 1. The zero-order valence-electron chi connectivity index (χ0n) is 14.2. The first-order chi connectivity index (χ1) is 11.6. The smallest absolute Gasteiger partial charge is 0.406 e. The largest absolute Gasteiger partial charge is 0.573 e. The molecule has 0 bridgehead atoms. The fourth-order valence-corrected chi connectivity index (χ4v) is 4.31. The maximum Gasteiger partial charge on any atom is 0.573 e. The Kier molecular flexibility index (Phi) is 6.34. The zero-order chi connectivity index (χ0) is 18.7. The summed E-state index contributed by atoms with van der Waals surface area (Å²) in [5.41, 5.74) is 0. The number of piperidine rings is 1. The third kappa shape index (κ3) is 6.16. The lowest BCUT2D eigenvalue weighted by Gasteiger charge is -2.34. The van der Waals surface area contributed by atoms with E-state index in [2.05, 4.69) is 14.4 Å². The van der Waals surface area contributed by atoms with Gasteiger partial charge < -0.3 is 9.64 Å². The Morgan fingerprint density at radius 3 is 2.48 bits per heavy atom. The molecule has 0 saturated carbocycles. The third-order valence-corrected chi connectivity index (χ3v) is 5.88. The summed E-state index contributed by atoms with van der Waals surface area (Å²) in [5.74, 6) is -0.455. The molecule has 1 fully saturated rings. The first-order valence-corrected chi connectivity index (χ1v) is 9.63. The van der Waals surface area contributed by atoms with E-state index < -0.39 is 22.1 Å². The Balaban J connectivity index is 1.98. The minimum absolute atomic E-state index is 0.0918. The molecule has 1 N–H and O–H groups in total. The van der Waals surface area contributed by atoms with Gasteiger partial charge in [0.1, 0.15) is 5.75 Å². The van der Waals surface area contributed by atoms with E-state index in [0.29, 0.717) is 12.5 Å². The van der Waals surface area contributed by atoms with Gasteiger partial charge in [-0.15, -0.1) is 13.2 Å². The molecule has 0 unspecified atom stereocenters. The van der Waals surface area contributed by atoms with Gasteiger partial charge in [0, 0.05) is 12.1 Å². The summed E-state index contributed by atoms with van der Waals surface area (Å²) in [6.45, 7) is 2.80. The predicted octanol–water partition coefficient (Wildman–Crippen LogP) is 3.13. The summed E-state index contributed by atoms with van der Waals surface area (Å²) in [7, 11) is -1.76. The summed E-state index contributed by atoms with van der Waals surface area (Å²) < 4.78 is 67.5. The molecule has 0 amide bonds. The topological polar surface area (TPSA) is 58.6 Å². The van der Waals surface area contributed by atoms with Crippen LogP contribution in [0.4, 0.5) is 13.2 Å². The molecule has 2 rings (SSSR count). The summed E-state index contributed by atoms with van der Waals surface area (Å²) >= 11 is 0. The number of hydrogen-bond acceptors (Lipinski definition) is 4. The van der Waals surface area contributed by atoms with E-state index in [1.807, 2.05) is 7.05 Å². The fraction of sp³-hybridized carbons (Fsp3) is 0.625. The molecule has 1 aromatic carbocycles. The molecule has 0 aliphatic carbocycles.